The highest BCUT2D eigenvalue weighted by molar-refractivity contribution is 5.82. The molecule has 2 aromatic rings. The molecule has 26 heavy (non-hydrogen) atoms. The van der Waals surface area contributed by atoms with E-state index in [1.54, 1.807) is 19.1 Å². The molecule has 0 radical (unpaired) electrons. The Morgan fingerprint density at radius 1 is 1.31 bits per heavy atom. The Hall–Kier alpha value is -3.36. The summed E-state index contributed by atoms with van der Waals surface area (Å²) in [6, 6.07) is 7.40. The van der Waals surface area contributed by atoms with Crippen molar-refractivity contribution in [1.29, 1.82) is 0 Å². The normalized spacial score (nSPS) is 23.6. The zero-order valence-electron chi connectivity index (χ0n) is 13.8. The van der Waals surface area contributed by atoms with Gasteiger partial charge in [-0.1, -0.05) is 6.07 Å². The summed E-state index contributed by atoms with van der Waals surface area (Å²) in [6.45, 7) is 1.94. The lowest BCUT2D eigenvalue weighted by Crippen LogP contribution is -2.26. The van der Waals surface area contributed by atoms with Crippen molar-refractivity contribution in [2.24, 2.45) is 0 Å². The summed E-state index contributed by atoms with van der Waals surface area (Å²) in [6.07, 6.45) is 1.71. The van der Waals surface area contributed by atoms with Crippen LogP contribution in [0.25, 0.3) is 0 Å². The summed E-state index contributed by atoms with van der Waals surface area (Å²) in [5, 5.41) is 14.0. The molecule has 134 valence electrons. The van der Waals surface area contributed by atoms with Gasteiger partial charge in [0.25, 0.3) is 0 Å². The van der Waals surface area contributed by atoms with Crippen LogP contribution in [0.5, 0.6) is 11.5 Å². The minimum Gasteiger partial charge on any atom is -0.454 e. The Bertz CT molecular complexity index is 902. The number of pyridine rings is 1. The van der Waals surface area contributed by atoms with Gasteiger partial charge in [-0.15, -0.1) is 0 Å². The molecule has 4 rings (SSSR count). The predicted octanol–water partition coefficient (Wildman–Crippen LogP) is 2.36. The first-order valence-electron chi connectivity index (χ1n) is 7.95. The van der Waals surface area contributed by atoms with E-state index in [2.05, 4.69) is 10.3 Å². The first-order chi connectivity index (χ1) is 12.5. The fourth-order valence-corrected chi connectivity index (χ4v) is 3.14. The van der Waals surface area contributed by atoms with E-state index < -0.39 is 22.5 Å². The van der Waals surface area contributed by atoms with Gasteiger partial charge in [0.1, 0.15) is 11.6 Å². The molecule has 1 aromatic carbocycles. The Labute approximate surface area is 148 Å². The van der Waals surface area contributed by atoms with Gasteiger partial charge in [0.05, 0.1) is 4.92 Å². The zero-order valence-corrected chi connectivity index (χ0v) is 13.8. The molecular formula is C17H15N3O6. The largest absolute Gasteiger partial charge is 0.454 e. The molecule has 2 aliphatic rings. The summed E-state index contributed by atoms with van der Waals surface area (Å²) < 4.78 is 16.2. The second kappa shape index (κ2) is 5.87. The molecule has 9 nitrogen and oxygen atoms in total. The minimum absolute atomic E-state index is 0.0365. The van der Waals surface area contributed by atoms with E-state index in [0.717, 1.165) is 5.56 Å². The van der Waals surface area contributed by atoms with E-state index in [4.69, 9.17) is 14.2 Å². The molecule has 0 aliphatic carbocycles. The fraction of sp³-hybridized carbons (Fsp3) is 0.294. The van der Waals surface area contributed by atoms with Crippen molar-refractivity contribution in [3.05, 3.63) is 52.2 Å². The van der Waals surface area contributed by atoms with Crippen LogP contribution < -0.4 is 14.8 Å². The molecule has 1 saturated heterocycles. The van der Waals surface area contributed by atoms with Crippen molar-refractivity contribution in [3.8, 4) is 11.5 Å². The maximum atomic E-state index is 12.3. The summed E-state index contributed by atoms with van der Waals surface area (Å²) in [5.74, 6) is 0.775. The lowest BCUT2D eigenvalue weighted by atomic mass is 9.91. The topological polar surface area (TPSA) is 113 Å². The second-order valence-electron chi connectivity index (χ2n) is 6.25. The van der Waals surface area contributed by atoms with Gasteiger partial charge in [0.2, 0.25) is 12.6 Å². The third-order valence-electron chi connectivity index (χ3n) is 4.48. The number of rotatable bonds is 4. The molecule has 0 saturated carbocycles. The Kier molecular flexibility index (Phi) is 3.64. The lowest BCUT2D eigenvalue weighted by Gasteiger charge is -2.23. The number of fused-ring (bicyclic) bond motifs is 1. The van der Waals surface area contributed by atoms with Crippen molar-refractivity contribution in [2.75, 3.05) is 12.1 Å². The molecule has 2 unspecified atom stereocenters. The molecule has 2 aliphatic heterocycles. The second-order valence-corrected chi connectivity index (χ2v) is 6.25. The highest BCUT2D eigenvalue weighted by atomic mass is 16.7. The van der Waals surface area contributed by atoms with E-state index in [-0.39, 0.29) is 18.3 Å². The van der Waals surface area contributed by atoms with E-state index in [1.807, 2.05) is 6.07 Å². The number of cyclic esters (lactones) is 1. The number of aromatic nitrogens is 1. The number of carbonyl (C=O) groups is 1. The summed E-state index contributed by atoms with van der Waals surface area (Å²) in [4.78, 5) is 26.9. The Morgan fingerprint density at radius 2 is 2.12 bits per heavy atom. The summed E-state index contributed by atoms with van der Waals surface area (Å²) in [7, 11) is 0. The van der Waals surface area contributed by atoms with Crippen molar-refractivity contribution < 1.29 is 23.9 Å². The average molecular weight is 357 g/mol. The summed E-state index contributed by atoms with van der Waals surface area (Å²) in [5.41, 5.74) is -0.328. The number of anilines is 1. The first-order valence-corrected chi connectivity index (χ1v) is 7.95. The van der Waals surface area contributed by atoms with Gasteiger partial charge >= 0.3 is 11.7 Å². The predicted molar refractivity (Wildman–Crippen MR) is 88.9 cm³/mol. The van der Waals surface area contributed by atoms with Crippen molar-refractivity contribution in [2.45, 2.75) is 25.0 Å². The van der Waals surface area contributed by atoms with Crippen LogP contribution in [0.4, 0.5) is 11.5 Å². The number of carbonyl (C=O) groups excluding carboxylic acids is 1. The van der Waals surface area contributed by atoms with Crippen LogP contribution in [0.3, 0.4) is 0 Å². The van der Waals surface area contributed by atoms with Gasteiger partial charge < -0.3 is 19.5 Å². The molecule has 9 heteroatoms. The third-order valence-corrected chi connectivity index (χ3v) is 4.48. The highest BCUT2D eigenvalue weighted by Gasteiger charge is 2.45. The van der Waals surface area contributed by atoms with Crippen LogP contribution >= 0.6 is 0 Å². The zero-order chi connectivity index (χ0) is 18.3. The summed E-state index contributed by atoms with van der Waals surface area (Å²) >= 11 is 0. The maximum absolute atomic E-state index is 12.3. The van der Waals surface area contributed by atoms with Crippen LogP contribution in [0.1, 0.15) is 18.9 Å². The third kappa shape index (κ3) is 2.67. The molecule has 2 atom stereocenters. The fourth-order valence-electron chi connectivity index (χ4n) is 3.14. The molecule has 1 fully saturated rings. The van der Waals surface area contributed by atoms with Crippen LogP contribution in [0.15, 0.2) is 36.5 Å². The van der Waals surface area contributed by atoms with Gasteiger partial charge in [-0.05, 0) is 30.7 Å². The van der Waals surface area contributed by atoms with Crippen LogP contribution in [-0.2, 0) is 15.1 Å². The smallest absolute Gasteiger partial charge is 0.329 e. The molecule has 1 aromatic heterocycles. The lowest BCUT2D eigenvalue weighted by molar-refractivity contribution is -0.384. The monoisotopic (exact) mass is 357 g/mol. The Morgan fingerprint density at radius 3 is 2.92 bits per heavy atom. The number of ether oxygens (including phenoxy) is 3. The number of esters is 1. The van der Waals surface area contributed by atoms with E-state index in [0.29, 0.717) is 17.9 Å². The van der Waals surface area contributed by atoms with E-state index in [1.165, 1.54) is 18.3 Å². The maximum Gasteiger partial charge on any atom is 0.329 e. The first kappa shape index (κ1) is 16.1. The molecule has 1 N–H and O–H groups in total. The number of hydrogen-bond acceptors (Lipinski definition) is 8. The molecule has 0 amide bonds. The molecule has 3 heterocycles. The molecule has 0 bridgehead atoms. The molecular weight excluding hydrogens is 342 g/mol. The van der Waals surface area contributed by atoms with Gasteiger partial charge in [-0.3, -0.25) is 10.1 Å². The van der Waals surface area contributed by atoms with Gasteiger partial charge in [-0.25, -0.2) is 9.78 Å². The van der Waals surface area contributed by atoms with Crippen molar-refractivity contribution in [3.63, 3.8) is 0 Å². The number of nitrogens with zero attached hydrogens (tertiary/aromatic N) is 2. The van der Waals surface area contributed by atoms with Gasteiger partial charge in [0.15, 0.2) is 11.5 Å². The van der Waals surface area contributed by atoms with Gasteiger partial charge in [-0.2, -0.15) is 0 Å². The SMILES string of the molecule is CC1(c2ccc3c(c2)OCO3)CC(Nc2ncccc2[N+](=O)[O-])C(=O)O1. The number of nitro groups is 1. The Balaban J connectivity index is 1.58. The number of hydrogen-bond donors (Lipinski definition) is 1. The quantitative estimate of drug-likeness (QED) is 0.504. The molecule has 0 spiro atoms. The number of benzene rings is 1. The minimum atomic E-state index is -0.890. The van der Waals surface area contributed by atoms with E-state index in [9.17, 15) is 14.9 Å². The van der Waals surface area contributed by atoms with Gasteiger partial charge in [0, 0.05) is 18.7 Å². The van der Waals surface area contributed by atoms with Crippen LogP contribution in [-0.4, -0.2) is 28.7 Å². The standard InChI is InChI=1S/C17H15N3O6/c1-17(10-4-5-13-14(7-10)25-9-24-13)8-11(16(21)26-17)19-15-12(20(22)23)3-2-6-18-15/h2-7,11H,8-9H2,1H3,(H,18,19). The average Bonchev–Trinajstić information content (AvgIpc) is 3.19. The van der Waals surface area contributed by atoms with Crippen LogP contribution in [0, 0.1) is 10.1 Å². The van der Waals surface area contributed by atoms with Crippen LogP contribution in [0.2, 0.25) is 0 Å². The van der Waals surface area contributed by atoms with E-state index >= 15 is 0 Å². The highest BCUT2D eigenvalue weighted by Crippen LogP contribution is 2.42. The number of nitrogens with one attached hydrogen (secondary N) is 1. The van der Waals surface area contributed by atoms with Crippen molar-refractivity contribution in [1.82, 2.24) is 4.98 Å². The van der Waals surface area contributed by atoms with Crippen molar-refractivity contribution >= 4 is 17.5 Å².